The molecule has 0 atom stereocenters. The molecule has 0 aromatic carbocycles. The highest BCUT2D eigenvalue weighted by molar-refractivity contribution is 9.10. The normalized spacial score (nSPS) is 10.7. The van der Waals surface area contributed by atoms with Gasteiger partial charge in [-0.15, -0.1) is 0 Å². The first-order chi connectivity index (χ1) is 5.68. The van der Waals surface area contributed by atoms with E-state index in [-0.39, 0.29) is 0 Å². The van der Waals surface area contributed by atoms with E-state index in [0.29, 0.717) is 0 Å². The van der Waals surface area contributed by atoms with Crippen LogP contribution >= 0.6 is 15.9 Å². The van der Waals surface area contributed by atoms with Gasteiger partial charge in [-0.2, -0.15) is 0 Å². The lowest BCUT2D eigenvalue weighted by molar-refractivity contribution is 0.409. The van der Waals surface area contributed by atoms with Crippen LogP contribution in [0.3, 0.4) is 0 Å². The molecule has 1 aromatic heterocycles. The fraction of sp³-hybridized carbons (Fsp3) is 0.500. The minimum absolute atomic E-state index is 0.853. The highest BCUT2D eigenvalue weighted by Gasteiger charge is 1.97. The van der Waals surface area contributed by atoms with Gasteiger partial charge >= 0.3 is 0 Å². The molecule has 1 heterocycles. The zero-order valence-corrected chi connectivity index (χ0v) is 8.87. The van der Waals surface area contributed by atoms with Crippen molar-refractivity contribution in [2.75, 3.05) is 20.6 Å². The van der Waals surface area contributed by atoms with Crippen LogP contribution in [-0.2, 0) is 6.42 Å². The summed E-state index contributed by atoms with van der Waals surface area (Å²) in [6, 6.07) is 1.83. The molecular formula is C8H12BrN3. The Morgan fingerprint density at radius 2 is 2.25 bits per heavy atom. The third kappa shape index (κ3) is 3.28. The van der Waals surface area contributed by atoms with Crippen LogP contribution in [0.4, 0.5) is 0 Å². The summed E-state index contributed by atoms with van der Waals surface area (Å²) < 4.78 is 0.853. The van der Waals surface area contributed by atoms with E-state index < -0.39 is 0 Å². The number of likely N-dealkylation sites (N-methyl/N-ethyl adjacent to an activating group) is 1. The summed E-state index contributed by atoms with van der Waals surface area (Å²) in [4.78, 5) is 10.5. The number of rotatable bonds is 3. The van der Waals surface area contributed by atoms with Crippen LogP contribution in [0.15, 0.2) is 16.9 Å². The van der Waals surface area contributed by atoms with Gasteiger partial charge in [0.15, 0.2) is 0 Å². The largest absolute Gasteiger partial charge is 0.309 e. The number of halogens is 1. The van der Waals surface area contributed by atoms with Crippen LogP contribution in [-0.4, -0.2) is 35.5 Å². The molecule has 0 aliphatic heterocycles. The molecule has 3 nitrogen and oxygen atoms in total. The molecule has 0 unspecified atom stereocenters. The number of aromatic nitrogens is 2. The highest BCUT2D eigenvalue weighted by atomic mass is 79.9. The van der Waals surface area contributed by atoms with Gasteiger partial charge in [0.05, 0.1) is 0 Å². The van der Waals surface area contributed by atoms with Crippen molar-refractivity contribution in [1.29, 1.82) is 0 Å². The Morgan fingerprint density at radius 1 is 1.50 bits per heavy atom. The van der Waals surface area contributed by atoms with Crippen molar-refractivity contribution < 1.29 is 0 Å². The molecule has 0 radical (unpaired) electrons. The van der Waals surface area contributed by atoms with Gasteiger partial charge < -0.3 is 4.90 Å². The van der Waals surface area contributed by atoms with Crippen LogP contribution in [0.1, 0.15) is 5.82 Å². The number of nitrogens with zero attached hydrogens (tertiary/aromatic N) is 3. The van der Waals surface area contributed by atoms with Crippen molar-refractivity contribution in [2.24, 2.45) is 0 Å². The molecule has 0 spiro atoms. The van der Waals surface area contributed by atoms with E-state index in [2.05, 4.69) is 30.8 Å². The molecule has 66 valence electrons. The van der Waals surface area contributed by atoms with E-state index in [0.717, 1.165) is 23.4 Å². The third-order valence-electron chi connectivity index (χ3n) is 1.45. The lowest BCUT2D eigenvalue weighted by Crippen LogP contribution is -2.16. The van der Waals surface area contributed by atoms with Crippen molar-refractivity contribution in [3.8, 4) is 0 Å². The van der Waals surface area contributed by atoms with Gasteiger partial charge in [0, 0.05) is 19.2 Å². The zero-order valence-electron chi connectivity index (χ0n) is 7.29. The molecule has 0 amide bonds. The smallest absolute Gasteiger partial charge is 0.130 e. The Kier molecular flexibility index (Phi) is 3.62. The van der Waals surface area contributed by atoms with Gasteiger partial charge in [-0.3, -0.25) is 0 Å². The molecule has 0 aliphatic rings. The third-order valence-corrected chi connectivity index (χ3v) is 1.90. The Balaban J connectivity index is 2.52. The summed E-state index contributed by atoms with van der Waals surface area (Å²) in [7, 11) is 4.08. The van der Waals surface area contributed by atoms with Gasteiger partial charge in [0.2, 0.25) is 0 Å². The van der Waals surface area contributed by atoms with Gasteiger partial charge in [0.25, 0.3) is 0 Å². The minimum Gasteiger partial charge on any atom is -0.309 e. The molecule has 1 aromatic rings. The van der Waals surface area contributed by atoms with E-state index in [1.807, 2.05) is 20.2 Å². The fourth-order valence-corrected chi connectivity index (χ4v) is 1.14. The first-order valence-electron chi connectivity index (χ1n) is 3.80. The van der Waals surface area contributed by atoms with Crippen LogP contribution in [0, 0.1) is 0 Å². The second kappa shape index (κ2) is 4.52. The Hall–Kier alpha value is -0.480. The standard InChI is InChI=1S/C8H12BrN3/c1-12(2)6-4-8-10-5-3-7(9)11-8/h3,5H,4,6H2,1-2H3. The summed E-state index contributed by atoms with van der Waals surface area (Å²) in [6.45, 7) is 0.983. The molecule has 4 heteroatoms. The summed E-state index contributed by atoms with van der Waals surface area (Å²) >= 11 is 3.30. The maximum absolute atomic E-state index is 4.22. The minimum atomic E-state index is 0.853. The van der Waals surface area contributed by atoms with Gasteiger partial charge in [-0.05, 0) is 36.1 Å². The zero-order chi connectivity index (χ0) is 8.97. The average Bonchev–Trinajstić information content (AvgIpc) is 2.01. The van der Waals surface area contributed by atoms with E-state index in [9.17, 15) is 0 Å². The molecular weight excluding hydrogens is 218 g/mol. The second-order valence-corrected chi connectivity index (χ2v) is 3.66. The molecule has 12 heavy (non-hydrogen) atoms. The molecule has 1 rings (SSSR count). The number of hydrogen-bond acceptors (Lipinski definition) is 3. The molecule has 0 aliphatic carbocycles. The van der Waals surface area contributed by atoms with Crippen molar-refractivity contribution >= 4 is 15.9 Å². The van der Waals surface area contributed by atoms with Crippen molar-refractivity contribution in [1.82, 2.24) is 14.9 Å². The molecule has 0 bridgehead atoms. The lowest BCUT2D eigenvalue weighted by atomic mass is 10.4. The van der Waals surface area contributed by atoms with Gasteiger partial charge in [-0.25, -0.2) is 9.97 Å². The molecule has 0 saturated heterocycles. The molecule has 0 N–H and O–H groups in total. The van der Waals surface area contributed by atoms with Crippen LogP contribution in [0.25, 0.3) is 0 Å². The first-order valence-corrected chi connectivity index (χ1v) is 4.60. The summed E-state index contributed by atoms with van der Waals surface area (Å²) in [5.41, 5.74) is 0. The van der Waals surface area contributed by atoms with Gasteiger partial charge in [0.1, 0.15) is 10.4 Å². The van der Waals surface area contributed by atoms with Crippen LogP contribution < -0.4 is 0 Å². The number of hydrogen-bond donors (Lipinski definition) is 0. The van der Waals surface area contributed by atoms with Crippen molar-refractivity contribution in [3.63, 3.8) is 0 Å². The predicted octanol–water partition coefficient (Wildman–Crippen LogP) is 1.34. The summed E-state index contributed by atoms with van der Waals surface area (Å²) in [5, 5.41) is 0. The second-order valence-electron chi connectivity index (χ2n) is 2.85. The van der Waals surface area contributed by atoms with Crippen LogP contribution in [0.5, 0.6) is 0 Å². The van der Waals surface area contributed by atoms with Crippen molar-refractivity contribution in [2.45, 2.75) is 6.42 Å². The quantitative estimate of drug-likeness (QED) is 0.734. The van der Waals surface area contributed by atoms with E-state index >= 15 is 0 Å². The maximum atomic E-state index is 4.22. The maximum Gasteiger partial charge on any atom is 0.130 e. The summed E-state index contributed by atoms with van der Waals surface area (Å²) in [5.74, 6) is 0.887. The molecule has 0 fully saturated rings. The fourth-order valence-electron chi connectivity index (χ4n) is 0.818. The Morgan fingerprint density at radius 3 is 2.83 bits per heavy atom. The topological polar surface area (TPSA) is 29.0 Å². The lowest BCUT2D eigenvalue weighted by Gasteiger charge is -2.07. The SMILES string of the molecule is CN(C)CCc1nccc(Br)n1. The van der Waals surface area contributed by atoms with E-state index in [1.165, 1.54) is 0 Å². The monoisotopic (exact) mass is 229 g/mol. The molecule has 0 saturated carbocycles. The summed E-state index contributed by atoms with van der Waals surface area (Å²) in [6.07, 6.45) is 2.66. The van der Waals surface area contributed by atoms with E-state index in [1.54, 1.807) is 6.20 Å². The van der Waals surface area contributed by atoms with Crippen molar-refractivity contribution in [3.05, 3.63) is 22.7 Å². The van der Waals surface area contributed by atoms with Crippen LogP contribution in [0.2, 0.25) is 0 Å². The predicted molar refractivity (Wildman–Crippen MR) is 52.0 cm³/mol. The average molecular weight is 230 g/mol. The Labute approximate surface area is 81.0 Å². The van der Waals surface area contributed by atoms with E-state index in [4.69, 9.17) is 0 Å². The Bertz CT molecular complexity index is 250. The van der Waals surface area contributed by atoms with Gasteiger partial charge in [-0.1, -0.05) is 0 Å². The first kappa shape index (κ1) is 9.61. The highest BCUT2D eigenvalue weighted by Crippen LogP contribution is 2.03.